The number of rotatable bonds is 4. The Hall–Kier alpha value is -2.33. The number of halogens is 1. The molecule has 3 aromatic heterocycles. The van der Waals surface area contributed by atoms with Crippen LogP contribution in [0.5, 0.6) is 0 Å². The largest absolute Gasteiger partial charge is 0.369 e. The molecule has 0 aliphatic carbocycles. The number of pyridine rings is 1. The molecule has 0 unspecified atom stereocenters. The Labute approximate surface area is 136 Å². The van der Waals surface area contributed by atoms with Gasteiger partial charge in [0.25, 0.3) is 0 Å². The lowest BCUT2D eigenvalue weighted by atomic mass is 10.4. The van der Waals surface area contributed by atoms with Gasteiger partial charge in [0.15, 0.2) is 0 Å². The zero-order valence-corrected chi connectivity index (χ0v) is 13.4. The molecular formula is C12H9BrN6O2S. The quantitative estimate of drug-likeness (QED) is 0.735. The topological polar surface area (TPSA) is 94.7 Å². The van der Waals surface area contributed by atoms with Gasteiger partial charge in [0, 0.05) is 10.7 Å². The van der Waals surface area contributed by atoms with Gasteiger partial charge in [-0.25, -0.2) is 9.78 Å². The zero-order chi connectivity index (χ0) is 15.5. The number of amides is 1. The van der Waals surface area contributed by atoms with E-state index in [1.54, 1.807) is 30.5 Å². The van der Waals surface area contributed by atoms with Crippen LogP contribution < -0.4 is 11.0 Å². The lowest BCUT2D eigenvalue weighted by Gasteiger charge is -2.03. The van der Waals surface area contributed by atoms with Gasteiger partial charge in [-0.1, -0.05) is 0 Å². The molecule has 0 radical (unpaired) electrons. The molecule has 0 bridgehead atoms. The molecule has 112 valence electrons. The smallest absolute Gasteiger partial charge is 0.309 e. The Morgan fingerprint density at radius 3 is 2.86 bits per heavy atom. The van der Waals surface area contributed by atoms with E-state index in [0.717, 1.165) is 13.8 Å². The summed E-state index contributed by atoms with van der Waals surface area (Å²) >= 11 is 4.61. The van der Waals surface area contributed by atoms with E-state index in [2.05, 4.69) is 36.7 Å². The summed E-state index contributed by atoms with van der Waals surface area (Å²) < 4.78 is 2.95. The maximum atomic E-state index is 12.1. The fraction of sp³-hybridized carbons (Fsp3) is 0.0833. The number of carbonyl (C=O) groups excluding carboxylic acids is 1. The van der Waals surface area contributed by atoms with Crippen LogP contribution in [0.3, 0.4) is 0 Å². The van der Waals surface area contributed by atoms with Gasteiger partial charge >= 0.3 is 5.69 Å². The van der Waals surface area contributed by atoms with Crippen LogP contribution >= 0.6 is 27.3 Å². The summed E-state index contributed by atoms with van der Waals surface area (Å²) in [6.45, 7) is -0.234. The molecule has 0 saturated carbocycles. The van der Waals surface area contributed by atoms with E-state index in [9.17, 15) is 9.59 Å². The average molecular weight is 381 g/mol. The molecule has 0 atom stereocenters. The van der Waals surface area contributed by atoms with Crippen molar-refractivity contribution in [3.63, 3.8) is 0 Å². The summed E-state index contributed by atoms with van der Waals surface area (Å²) in [5, 5.41) is 12.5. The number of aromatic nitrogens is 5. The molecular weight excluding hydrogens is 372 g/mol. The Morgan fingerprint density at radius 2 is 2.18 bits per heavy atom. The number of thiophene rings is 1. The molecule has 0 aliphatic heterocycles. The minimum absolute atomic E-state index is 0.234. The molecule has 0 spiro atoms. The van der Waals surface area contributed by atoms with Crippen LogP contribution in [0.4, 0.5) is 5.82 Å². The Kier molecular flexibility index (Phi) is 4.11. The molecule has 1 N–H and O–H groups in total. The van der Waals surface area contributed by atoms with E-state index in [-0.39, 0.29) is 6.54 Å². The number of nitrogens with one attached hydrogen (secondary N) is 1. The summed E-state index contributed by atoms with van der Waals surface area (Å²) in [6, 6.07) is 6.95. The van der Waals surface area contributed by atoms with Crippen molar-refractivity contribution < 1.29 is 4.79 Å². The average Bonchev–Trinajstić information content (AvgIpc) is 3.12. The number of hydrogen-bond donors (Lipinski definition) is 1. The molecule has 3 aromatic rings. The molecule has 0 aliphatic rings. The van der Waals surface area contributed by atoms with E-state index in [0.29, 0.717) is 10.8 Å². The second-order valence-electron chi connectivity index (χ2n) is 4.19. The van der Waals surface area contributed by atoms with Gasteiger partial charge in [0.2, 0.25) is 5.91 Å². The minimum Gasteiger partial charge on any atom is -0.309 e. The highest BCUT2D eigenvalue weighted by Gasteiger charge is 2.13. The summed E-state index contributed by atoms with van der Waals surface area (Å²) in [5.74, 6) is -0.0120. The first-order chi connectivity index (χ1) is 10.6. The van der Waals surface area contributed by atoms with Crippen molar-refractivity contribution in [2.45, 2.75) is 6.54 Å². The second-order valence-corrected chi connectivity index (χ2v) is 6.03. The molecule has 3 heterocycles. The first-order valence-corrected chi connectivity index (χ1v) is 7.79. The van der Waals surface area contributed by atoms with Crippen molar-refractivity contribution in [1.82, 2.24) is 24.8 Å². The van der Waals surface area contributed by atoms with Crippen LogP contribution in [0, 0.1) is 0 Å². The highest BCUT2D eigenvalue weighted by molar-refractivity contribution is 9.10. The highest BCUT2D eigenvalue weighted by Crippen LogP contribution is 2.11. The van der Waals surface area contributed by atoms with E-state index in [1.165, 1.54) is 11.3 Å². The second kappa shape index (κ2) is 6.20. The van der Waals surface area contributed by atoms with Crippen molar-refractivity contribution in [1.29, 1.82) is 0 Å². The highest BCUT2D eigenvalue weighted by atomic mass is 79.9. The van der Waals surface area contributed by atoms with Gasteiger partial charge in [-0.2, -0.15) is 9.36 Å². The summed E-state index contributed by atoms with van der Waals surface area (Å²) in [5.41, 5.74) is -0.471. The van der Waals surface area contributed by atoms with Crippen LogP contribution in [0.25, 0.3) is 5.00 Å². The van der Waals surface area contributed by atoms with Gasteiger partial charge in [-0.15, -0.1) is 11.3 Å². The normalized spacial score (nSPS) is 10.6. The fourth-order valence-electron chi connectivity index (χ4n) is 1.67. The van der Waals surface area contributed by atoms with Crippen molar-refractivity contribution in [3.05, 3.63) is 50.8 Å². The third-order valence-electron chi connectivity index (χ3n) is 2.64. The Bertz CT molecular complexity index is 839. The molecule has 10 heteroatoms. The van der Waals surface area contributed by atoms with Gasteiger partial charge in [-0.3, -0.25) is 4.79 Å². The van der Waals surface area contributed by atoms with Crippen LogP contribution in [0.1, 0.15) is 0 Å². The van der Waals surface area contributed by atoms with Gasteiger partial charge in [0.1, 0.15) is 17.4 Å². The van der Waals surface area contributed by atoms with Crippen LogP contribution in [-0.2, 0) is 11.3 Å². The van der Waals surface area contributed by atoms with Crippen molar-refractivity contribution in [3.8, 4) is 5.00 Å². The van der Waals surface area contributed by atoms with Gasteiger partial charge < -0.3 is 5.32 Å². The zero-order valence-electron chi connectivity index (χ0n) is 11.0. The van der Waals surface area contributed by atoms with Crippen LogP contribution in [0.15, 0.2) is 45.1 Å². The number of hydrogen-bond acceptors (Lipinski definition) is 6. The predicted molar refractivity (Wildman–Crippen MR) is 84.1 cm³/mol. The van der Waals surface area contributed by atoms with Gasteiger partial charge in [-0.05, 0) is 56.0 Å². The Morgan fingerprint density at radius 1 is 1.32 bits per heavy atom. The molecule has 0 saturated heterocycles. The molecule has 3 rings (SSSR count). The third-order valence-corrected chi connectivity index (χ3v) is 3.96. The molecule has 8 nitrogen and oxygen atoms in total. The third kappa shape index (κ3) is 3.12. The van der Waals surface area contributed by atoms with Crippen molar-refractivity contribution in [2.75, 3.05) is 5.32 Å². The lowest BCUT2D eigenvalue weighted by molar-refractivity contribution is -0.117. The standard InChI is InChI=1S/C12H9BrN6O2S/c13-8-3-4-9(14-6-8)15-10(20)7-18-12(21)19(17-16-18)11-2-1-5-22-11/h1-6H,7H2,(H,14,15,20). The van der Waals surface area contributed by atoms with Crippen molar-refractivity contribution >= 4 is 39.0 Å². The van der Waals surface area contributed by atoms with E-state index >= 15 is 0 Å². The number of anilines is 1. The SMILES string of the molecule is O=C(Cn1nnn(-c2cccs2)c1=O)Nc1ccc(Br)cn1. The fourth-order valence-corrected chi connectivity index (χ4v) is 2.57. The maximum Gasteiger partial charge on any atom is 0.369 e. The van der Waals surface area contributed by atoms with E-state index < -0.39 is 11.6 Å². The molecule has 22 heavy (non-hydrogen) atoms. The summed E-state index contributed by atoms with van der Waals surface area (Å²) in [7, 11) is 0. The summed E-state index contributed by atoms with van der Waals surface area (Å²) in [6.07, 6.45) is 1.56. The minimum atomic E-state index is -0.471. The number of carbonyl (C=O) groups is 1. The lowest BCUT2D eigenvalue weighted by Crippen LogP contribution is -2.29. The van der Waals surface area contributed by atoms with Crippen LogP contribution in [-0.4, -0.2) is 30.7 Å². The van der Waals surface area contributed by atoms with E-state index in [1.807, 2.05) is 5.38 Å². The summed E-state index contributed by atoms with van der Waals surface area (Å²) in [4.78, 5) is 28.0. The molecule has 0 aromatic carbocycles. The molecule has 0 fully saturated rings. The van der Waals surface area contributed by atoms with Crippen molar-refractivity contribution in [2.24, 2.45) is 0 Å². The first-order valence-electron chi connectivity index (χ1n) is 6.11. The maximum absolute atomic E-state index is 12.1. The van der Waals surface area contributed by atoms with Crippen LogP contribution in [0.2, 0.25) is 0 Å². The van der Waals surface area contributed by atoms with E-state index in [4.69, 9.17) is 0 Å². The predicted octanol–water partition coefficient (Wildman–Crippen LogP) is 1.29. The number of tetrazole rings is 1. The monoisotopic (exact) mass is 380 g/mol. The first kappa shape index (κ1) is 14.6. The number of nitrogens with zero attached hydrogens (tertiary/aromatic N) is 5. The van der Waals surface area contributed by atoms with Gasteiger partial charge in [0.05, 0.1) is 0 Å². The Balaban J connectivity index is 1.72. The molecule has 1 amide bonds.